The van der Waals surface area contributed by atoms with E-state index in [9.17, 15) is 9.59 Å². The summed E-state index contributed by atoms with van der Waals surface area (Å²) in [6, 6.07) is 0.329. The maximum Gasteiger partial charge on any atom is 0.325 e. The summed E-state index contributed by atoms with van der Waals surface area (Å²) in [6.07, 6.45) is 7.53. The third kappa shape index (κ3) is 3.74. The van der Waals surface area contributed by atoms with Crippen molar-refractivity contribution in [1.29, 1.82) is 0 Å². The molecule has 1 amide bonds. The van der Waals surface area contributed by atoms with Gasteiger partial charge in [0.25, 0.3) is 0 Å². The number of nitrogens with one attached hydrogen (secondary N) is 2. The van der Waals surface area contributed by atoms with Crippen molar-refractivity contribution in [3.63, 3.8) is 0 Å². The first-order valence-corrected chi connectivity index (χ1v) is 7.63. The second kappa shape index (κ2) is 6.77. The molecule has 0 bridgehead atoms. The molecule has 0 saturated heterocycles. The zero-order chi connectivity index (χ0) is 14.5. The van der Waals surface area contributed by atoms with Crippen molar-refractivity contribution in [1.82, 2.24) is 14.9 Å². The summed E-state index contributed by atoms with van der Waals surface area (Å²) in [7, 11) is 0. The number of aromatic amines is 1. The van der Waals surface area contributed by atoms with Crippen LogP contribution in [0, 0.1) is 13.8 Å². The summed E-state index contributed by atoms with van der Waals surface area (Å²) in [5, 5.41) is 3.11. The van der Waals surface area contributed by atoms with Gasteiger partial charge in [-0.05, 0) is 26.7 Å². The fourth-order valence-corrected chi connectivity index (χ4v) is 2.88. The van der Waals surface area contributed by atoms with Crippen molar-refractivity contribution in [3.8, 4) is 0 Å². The topological polar surface area (TPSA) is 66.9 Å². The summed E-state index contributed by atoms with van der Waals surface area (Å²) in [5.41, 5.74) is 1.67. The average Bonchev–Trinajstić information content (AvgIpc) is 2.62. The van der Waals surface area contributed by atoms with E-state index in [1.165, 1.54) is 25.7 Å². The Kier molecular flexibility index (Phi) is 5.04. The Morgan fingerprint density at radius 1 is 1.25 bits per heavy atom. The monoisotopic (exact) mass is 279 g/mol. The van der Waals surface area contributed by atoms with E-state index in [2.05, 4.69) is 10.3 Å². The maximum absolute atomic E-state index is 12.0. The molecule has 112 valence electrons. The van der Waals surface area contributed by atoms with Crippen LogP contribution >= 0.6 is 0 Å². The van der Waals surface area contributed by atoms with Gasteiger partial charge in [-0.25, -0.2) is 4.79 Å². The Bertz CT molecular complexity index is 508. The highest BCUT2D eigenvalue weighted by atomic mass is 16.2. The number of carbonyl (C=O) groups excluding carboxylic acids is 1. The van der Waals surface area contributed by atoms with E-state index in [-0.39, 0.29) is 11.6 Å². The van der Waals surface area contributed by atoms with Crippen LogP contribution in [0.25, 0.3) is 0 Å². The second-order valence-corrected chi connectivity index (χ2v) is 5.80. The smallest absolute Gasteiger partial charge is 0.325 e. The van der Waals surface area contributed by atoms with Crippen LogP contribution in [-0.2, 0) is 11.3 Å². The molecule has 1 saturated carbocycles. The molecule has 1 fully saturated rings. The molecule has 0 aromatic carbocycles. The first-order valence-electron chi connectivity index (χ1n) is 7.63. The molecule has 0 radical (unpaired) electrons. The van der Waals surface area contributed by atoms with Crippen LogP contribution in [0.15, 0.2) is 4.79 Å². The zero-order valence-electron chi connectivity index (χ0n) is 12.5. The first-order chi connectivity index (χ1) is 9.58. The minimum atomic E-state index is -0.123. The van der Waals surface area contributed by atoms with E-state index in [0.29, 0.717) is 19.0 Å². The lowest BCUT2D eigenvalue weighted by molar-refractivity contribution is -0.122. The molecule has 1 heterocycles. The molecule has 2 N–H and O–H groups in total. The Morgan fingerprint density at radius 3 is 2.45 bits per heavy atom. The minimum Gasteiger partial charge on any atom is -0.353 e. The lowest BCUT2D eigenvalue weighted by Crippen LogP contribution is -2.35. The Morgan fingerprint density at radius 2 is 1.90 bits per heavy atom. The highest BCUT2D eigenvalue weighted by molar-refractivity contribution is 5.76. The van der Waals surface area contributed by atoms with E-state index in [4.69, 9.17) is 0 Å². The SMILES string of the molecule is Cc1[nH]c(=O)n(CCC(=O)NC2CCCCCC2)c1C. The molecule has 0 unspecified atom stereocenters. The molecule has 0 aliphatic heterocycles. The molecule has 1 aromatic rings. The largest absolute Gasteiger partial charge is 0.353 e. The third-order valence-electron chi connectivity index (χ3n) is 4.27. The molecule has 5 heteroatoms. The fourth-order valence-electron chi connectivity index (χ4n) is 2.88. The number of H-pyrrole nitrogens is 1. The van der Waals surface area contributed by atoms with Gasteiger partial charge < -0.3 is 10.3 Å². The summed E-state index contributed by atoms with van der Waals surface area (Å²) in [4.78, 5) is 26.4. The molecule has 5 nitrogen and oxygen atoms in total. The van der Waals surface area contributed by atoms with Gasteiger partial charge >= 0.3 is 5.69 Å². The van der Waals surface area contributed by atoms with Crippen molar-refractivity contribution in [2.75, 3.05) is 0 Å². The number of carbonyl (C=O) groups is 1. The van der Waals surface area contributed by atoms with Crippen LogP contribution < -0.4 is 11.0 Å². The van der Waals surface area contributed by atoms with Crippen molar-refractivity contribution in [2.45, 2.75) is 71.4 Å². The van der Waals surface area contributed by atoms with E-state index < -0.39 is 0 Å². The third-order valence-corrected chi connectivity index (χ3v) is 4.27. The van der Waals surface area contributed by atoms with Crippen molar-refractivity contribution in [2.24, 2.45) is 0 Å². The van der Waals surface area contributed by atoms with Crippen LogP contribution in [0.1, 0.15) is 56.3 Å². The number of hydrogen-bond donors (Lipinski definition) is 2. The normalized spacial score (nSPS) is 16.9. The van der Waals surface area contributed by atoms with E-state index in [0.717, 1.165) is 24.2 Å². The minimum absolute atomic E-state index is 0.0575. The van der Waals surface area contributed by atoms with Gasteiger partial charge in [0.2, 0.25) is 5.91 Å². The molecule has 1 aromatic heterocycles. The van der Waals surface area contributed by atoms with Gasteiger partial charge in [0, 0.05) is 30.4 Å². The number of imidazole rings is 1. The second-order valence-electron chi connectivity index (χ2n) is 5.80. The summed E-state index contributed by atoms with van der Waals surface area (Å²) < 4.78 is 1.64. The van der Waals surface area contributed by atoms with Gasteiger partial charge in [0.05, 0.1) is 0 Å². The van der Waals surface area contributed by atoms with Crippen LogP contribution in [0.5, 0.6) is 0 Å². The van der Waals surface area contributed by atoms with Gasteiger partial charge in [-0.3, -0.25) is 9.36 Å². The van der Waals surface area contributed by atoms with Crippen LogP contribution in [-0.4, -0.2) is 21.5 Å². The lowest BCUT2D eigenvalue weighted by Gasteiger charge is -2.16. The molecule has 20 heavy (non-hydrogen) atoms. The summed E-state index contributed by atoms with van der Waals surface area (Å²) >= 11 is 0. The quantitative estimate of drug-likeness (QED) is 0.828. The van der Waals surface area contributed by atoms with E-state index in [1.54, 1.807) is 4.57 Å². The molecule has 2 rings (SSSR count). The Hall–Kier alpha value is -1.52. The van der Waals surface area contributed by atoms with Crippen molar-refractivity contribution in [3.05, 3.63) is 21.9 Å². The fraction of sp³-hybridized carbons (Fsp3) is 0.733. The number of nitrogens with zero attached hydrogens (tertiary/aromatic N) is 1. The lowest BCUT2D eigenvalue weighted by atomic mass is 10.1. The van der Waals surface area contributed by atoms with Gasteiger partial charge in [-0.15, -0.1) is 0 Å². The molecular weight excluding hydrogens is 254 g/mol. The molecule has 0 atom stereocenters. The molecule has 1 aliphatic rings. The number of amides is 1. The summed E-state index contributed by atoms with van der Waals surface area (Å²) in [6.45, 7) is 4.23. The van der Waals surface area contributed by atoms with Crippen molar-refractivity contribution >= 4 is 5.91 Å². The first kappa shape index (κ1) is 14.9. The van der Waals surface area contributed by atoms with Crippen LogP contribution in [0.4, 0.5) is 0 Å². The molecule has 1 aliphatic carbocycles. The zero-order valence-corrected chi connectivity index (χ0v) is 12.5. The van der Waals surface area contributed by atoms with Crippen LogP contribution in [0.3, 0.4) is 0 Å². The van der Waals surface area contributed by atoms with Crippen molar-refractivity contribution < 1.29 is 4.79 Å². The molecular formula is C15H25N3O2. The maximum atomic E-state index is 12.0. The number of aromatic nitrogens is 2. The van der Waals surface area contributed by atoms with Gasteiger partial charge in [-0.1, -0.05) is 25.7 Å². The standard InChI is InChI=1S/C15H25N3O2/c1-11-12(2)18(15(20)16-11)10-9-14(19)17-13-7-5-3-4-6-8-13/h13H,3-10H2,1-2H3,(H,16,20)(H,17,19). The Balaban J connectivity index is 1.84. The predicted molar refractivity (Wildman–Crippen MR) is 78.8 cm³/mol. The number of hydrogen-bond acceptors (Lipinski definition) is 2. The van der Waals surface area contributed by atoms with Gasteiger partial charge in [0.15, 0.2) is 0 Å². The predicted octanol–water partition coefficient (Wildman–Crippen LogP) is 2.02. The van der Waals surface area contributed by atoms with E-state index in [1.807, 2.05) is 13.8 Å². The highest BCUT2D eigenvalue weighted by Gasteiger charge is 2.15. The Labute approximate surface area is 119 Å². The van der Waals surface area contributed by atoms with Gasteiger partial charge in [0.1, 0.15) is 0 Å². The number of aryl methyl sites for hydroxylation is 1. The summed E-state index contributed by atoms with van der Waals surface area (Å²) in [5.74, 6) is 0.0575. The molecule has 0 spiro atoms. The average molecular weight is 279 g/mol. The van der Waals surface area contributed by atoms with Crippen LogP contribution in [0.2, 0.25) is 0 Å². The van der Waals surface area contributed by atoms with E-state index >= 15 is 0 Å². The van der Waals surface area contributed by atoms with Gasteiger partial charge in [-0.2, -0.15) is 0 Å². The number of rotatable bonds is 4. The highest BCUT2D eigenvalue weighted by Crippen LogP contribution is 2.17.